The van der Waals surface area contributed by atoms with Gasteiger partial charge in [0.1, 0.15) is 5.82 Å². The minimum absolute atomic E-state index is 0.161. The Hall–Kier alpha value is -2.44. The lowest BCUT2D eigenvalue weighted by molar-refractivity contribution is 0.0786. The van der Waals surface area contributed by atoms with Crippen molar-refractivity contribution < 1.29 is 9.90 Å². The Morgan fingerprint density at radius 3 is 2.30 bits per heavy atom. The Kier molecular flexibility index (Phi) is 6.93. The quantitative estimate of drug-likeness (QED) is 0.674. The molecule has 0 bridgehead atoms. The molecule has 1 aliphatic rings. The SMILES string of the molecule is C=C/C=C\C(Cl)=C(/N)N1CCN(C(=O)Nc2ccc(C(C)(C)O)cc2)CC1. The van der Waals surface area contributed by atoms with Gasteiger partial charge in [-0.05, 0) is 37.6 Å². The van der Waals surface area contributed by atoms with Crippen LogP contribution in [0.4, 0.5) is 10.5 Å². The van der Waals surface area contributed by atoms with Crippen molar-refractivity contribution in [1.82, 2.24) is 9.80 Å². The molecule has 7 heteroatoms. The zero-order chi connectivity index (χ0) is 20.0. The van der Waals surface area contributed by atoms with Gasteiger partial charge in [-0.25, -0.2) is 4.79 Å². The maximum absolute atomic E-state index is 12.5. The van der Waals surface area contributed by atoms with Gasteiger partial charge in [0.15, 0.2) is 0 Å². The second-order valence-corrected chi connectivity index (χ2v) is 7.28. The van der Waals surface area contributed by atoms with Crippen LogP contribution in [0.2, 0.25) is 0 Å². The van der Waals surface area contributed by atoms with Gasteiger partial charge in [-0.2, -0.15) is 0 Å². The molecular formula is C20H27ClN4O2. The summed E-state index contributed by atoms with van der Waals surface area (Å²) in [5, 5.41) is 13.3. The number of nitrogens with one attached hydrogen (secondary N) is 1. The van der Waals surface area contributed by atoms with Gasteiger partial charge in [-0.3, -0.25) is 0 Å². The van der Waals surface area contributed by atoms with Crippen molar-refractivity contribution in [1.29, 1.82) is 0 Å². The topological polar surface area (TPSA) is 81.8 Å². The molecule has 4 N–H and O–H groups in total. The molecule has 0 aliphatic carbocycles. The number of benzene rings is 1. The van der Waals surface area contributed by atoms with Crippen LogP contribution in [0.1, 0.15) is 19.4 Å². The highest BCUT2D eigenvalue weighted by atomic mass is 35.5. The number of carbonyl (C=O) groups is 1. The summed E-state index contributed by atoms with van der Waals surface area (Å²) in [5.41, 5.74) is 6.65. The van der Waals surface area contributed by atoms with Crippen molar-refractivity contribution in [2.24, 2.45) is 5.73 Å². The number of allylic oxidation sites excluding steroid dienone is 4. The molecule has 0 aromatic heterocycles. The van der Waals surface area contributed by atoms with E-state index < -0.39 is 5.60 Å². The normalized spacial score (nSPS) is 16.3. The minimum atomic E-state index is -0.908. The summed E-state index contributed by atoms with van der Waals surface area (Å²) in [7, 11) is 0. The van der Waals surface area contributed by atoms with Crippen molar-refractivity contribution in [3.63, 3.8) is 0 Å². The molecule has 0 atom stereocenters. The van der Waals surface area contributed by atoms with Crippen molar-refractivity contribution in [3.05, 3.63) is 65.5 Å². The Morgan fingerprint density at radius 2 is 1.78 bits per heavy atom. The molecule has 27 heavy (non-hydrogen) atoms. The standard InChI is InChI=1S/C20H27ClN4O2/c1-4-5-6-17(21)18(22)24-11-13-25(14-12-24)19(26)23-16-9-7-15(8-10-16)20(2,3)27/h4-10,27H,1,11-14,22H2,2-3H3,(H,23,26)/b6-5-,18-17-. The molecule has 1 aromatic carbocycles. The molecule has 6 nitrogen and oxygen atoms in total. The predicted molar refractivity (Wildman–Crippen MR) is 110 cm³/mol. The maximum Gasteiger partial charge on any atom is 0.321 e. The third-order valence-corrected chi connectivity index (χ3v) is 4.69. The summed E-state index contributed by atoms with van der Waals surface area (Å²) in [4.78, 5) is 16.1. The van der Waals surface area contributed by atoms with Crippen LogP contribution >= 0.6 is 11.6 Å². The minimum Gasteiger partial charge on any atom is -0.386 e. The van der Waals surface area contributed by atoms with E-state index in [4.69, 9.17) is 17.3 Å². The monoisotopic (exact) mass is 390 g/mol. The molecule has 0 radical (unpaired) electrons. The van der Waals surface area contributed by atoms with E-state index in [1.54, 1.807) is 61.2 Å². The lowest BCUT2D eigenvalue weighted by atomic mass is 9.98. The number of anilines is 1. The van der Waals surface area contributed by atoms with Gasteiger partial charge in [0.25, 0.3) is 0 Å². The van der Waals surface area contributed by atoms with Gasteiger partial charge >= 0.3 is 6.03 Å². The van der Waals surface area contributed by atoms with Crippen LogP contribution in [-0.4, -0.2) is 47.1 Å². The summed E-state index contributed by atoms with van der Waals surface area (Å²) in [6.07, 6.45) is 5.05. The summed E-state index contributed by atoms with van der Waals surface area (Å²) in [6, 6.07) is 7.02. The average Bonchev–Trinajstić information content (AvgIpc) is 2.65. The second-order valence-electron chi connectivity index (χ2n) is 6.87. The number of nitrogens with two attached hydrogens (primary N) is 1. The summed E-state index contributed by atoms with van der Waals surface area (Å²) in [6.45, 7) is 9.35. The van der Waals surface area contributed by atoms with E-state index in [0.717, 1.165) is 5.56 Å². The van der Waals surface area contributed by atoms with Crippen molar-refractivity contribution in [3.8, 4) is 0 Å². The van der Waals surface area contributed by atoms with Crippen LogP contribution in [0.3, 0.4) is 0 Å². The number of hydrogen-bond donors (Lipinski definition) is 3. The molecule has 146 valence electrons. The summed E-state index contributed by atoms with van der Waals surface area (Å²) < 4.78 is 0. The maximum atomic E-state index is 12.5. The highest BCUT2D eigenvalue weighted by Gasteiger charge is 2.22. The molecule has 0 spiro atoms. The van der Waals surface area contributed by atoms with E-state index in [1.807, 2.05) is 4.90 Å². The Morgan fingerprint density at radius 1 is 1.22 bits per heavy atom. The highest BCUT2D eigenvalue weighted by molar-refractivity contribution is 6.31. The zero-order valence-corrected chi connectivity index (χ0v) is 16.5. The molecule has 0 unspecified atom stereocenters. The molecule has 2 amide bonds. The third-order valence-electron chi connectivity index (χ3n) is 4.37. The van der Waals surface area contributed by atoms with Crippen molar-refractivity contribution in [2.75, 3.05) is 31.5 Å². The molecule has 1 saturated heterocycles. The van der Waals surface area contributed by atoms with E-state index in [1.165, 1.54) is 0 Å². The fourth-order valence-corrected chi connectivity index (χ4v) is 2.90. The van der Waals surface area contributed by atoms with Crippen LogP contribution in [-0.2, 0) is 5.60 Å². The molecule has 1 aromatic rings. The van der Waals surface area contributed by atoms with Gasteiger partial charge in [-0.1, -0.05) is 42.5 Å². The zero-order valence-electron chi connectivity index (χ0n) is 15.8. The first kappa shape index (κ1) is 20.9. The fourth-order valence-electron chi connectivity index (χ4n) is 2.70. The Bertz CT molecular complexity index is 727. The van der Waals surface area contributed by atoms with Crippen LogP contribution in [0.5, 0.6) is 0 Å². The van der Waals surface area contributed by atoms with E-state index >= 15 is 0 Å². The van der Waals surface area contributed by atoms with Crippen molar-refractivity contribution in [2.45, 2.75) is 19.4 Å². The Labute approximate surface area is 165 Å². The van der Waals surface area contributed by atoms with E-state index in [2.05, 4.69) is 11.9 Å². The number of halogens is 1. The predicted octanol–water partition coefficient (Wildman–Crippen LogP) is 3.17. The first-order valence-corrected chi connectivity index (χ1v) is 9.18. The van der Waals surface area contributed by atoms with Crippen LogP contribution < -0.4 is 11.1 Å². The van der Waals surface area contributed by atoms with E-state index in [9.17, 15) is 9.90 Å². The number of aliphatic hydroxyl groups is 1. The van der Waals surface area contributed by atoms with Gasteiger partial charge in [0, 0.05) is 31.9 Å². The van der Waals surface area contributed by atoms with E-state index in [0.29, 0.717) is 42.7 Å². The van der Waals surface area contributed by atoms with Gasteiger partial charge < -0.3 is 26.0 Å². The highest BCUT2D eigenvalue weighted by Crippen LogP contribution is 2.21. The summed E-state index contributed by atoms with van der Waals surface area (Å²) in [5.74, 6) is 0.497. The number of urea groups is 1. The first-order chi connectivity index (χ1) is 12.7. The number of piperazine rings is 1. The summed E-state index contributed by atoms with van der Waals surface area (Å²) >= 11 is 6.16. The lowest BCUT2D eigenvalue weighted by Gasteiger charge is -2.36. The van der Waals surface area contributed by atoms with Gasteiger partial charge in [-0.15, -0.1) is 0 Å². The number of carbonyl (C=O) groups excluding carboxylic acids is 1. The van der Waals surface area contributed by atoms with Gasteiger partial charge in [0.05, 0.1) is 10.6 Å². The molecule has 2 rings (SSSR count). The number of rotatable bonds is 5. The Balaban J connectivity index is 1.91. The third kappa shape index (κ3) is 5.77. The first-order valence-electron chi connectivity index (χ1n) is 8.80. The van der Waals surface area contributed by atoms with Crippen LogP contribution in [0.15, 0.2) is 59.9 Å². The molecule has 1 aliphatic heterocycles. The number of nitrogens with zero attached hydrogens (tertiary/aromatic N) is 2. The van der Waals surface area contributed by atoms with Crippen LogP contribution in [0.25, 0.3) is 0 Å². The molecule has 1 heterocycles. The fraction of sp³-hybridized carbons (Fsp3) is 0.350. The number of hydrogen-bond acceptors (Lipinski definition) is 4. The molecule has 1 fully saturated rings. The van der Waals surface area contributed by atoms with Crippen molar-refractivity contribution >= 4 is 23.3 Å². The second kappa shape index (κ2) is 8.97. The molecular weight excluding hydrogens is 364 g/mol. The van der Waals surface area contributed by atoms with E-state index in [-0.39, 0.29) is 6.03 Å². The number of amides is 2. The van der Waals surface area contributed by atoms with Crippen LogP contribution in [0, 0.1) is 0 Å². The average molecular weight is 391 g/mol. The largest absolute Gasteiger partial charge is 0.386 e. The smallest absolute Gasteiger partial charge is 0.321 e. The van der Waals surface area contributed by atoms with Gasteiger partial charge in [0.2, 0.25) is 0 Å². The lowest BCUT2D eigenvalue weighted by Crippen LogP contribution is -2.50. The molecule has 0 saturated carbocycles.